The van der Waals surface area contributed by atoms with Crippen molar-refractivity contribution >= 4 is 28.2 Å². The Bertz CT molecular complexity index is 580. The maximum atomic E-state index is 4.04. The van der Waals surface area contributed by atoms with Crippen LogP contribution in [-0.2, 0) is 0 Å². The molecular formula is C14H10S2. The first kappa shape index (κ1) is 9.82. The molecule has 0 aliphatic heterocycles. The van der Waals surface area contributed by atoms with Gasteiger partial charge >= 0.3 is 0 Å². The average Bonchev–Trinajstić information content (AvgIpc) is 2.96. The summed E-state index contributed by atoms with van der Waals surface area (Å²) in [7, 11) is 0. The van der Waals surface area contributed by atoms with Gasteiger partial charge in [0.1, 0.15) is 0 Å². The molecule has 1 aliphatic carbocycles. The van der Waals surface area contributed by atoms with Gasteiger partial charge in [-0.25, -0.2) is 0 Å². The van der Waals surface area contributed by atoms with Crippen LogP contribution in [0.15, 0.2) is 60.0 Å². The van der Waals surface area contributed by atoms with Gasteiger partial charge in [0.05, 0.1) is 0 Å². The highest BCUT2D eigenvalue weighted by atomic mass is 32.1. The van der Waals surface area contributed by atoms with Crippen LogP contribution in [-0.4, -0.2) is 0 Å². The first-order valence-electron chi connectivity index (χ1n) is 5.06. The predicted octanol–water partition coefficient (Wildman–Crippen LogP) is 4.99. The van der Waals surface area contributed by atoms with Crippen LogP contribution < -0.4 is 0 Å². The van der Waals surface area contributed by atoms with E-state index in [4.69, 9.17) is 0 Å². The third kappa shape index (κ3) is 1.60. The Morgan fingerprint density at radius 1 is 1.00 bits per heavy atom. The molecule has 3 rings (SSSR count). The van der Waals surface area contributed by atoms with Crippen LogP contribution in [0.4, 0.5) is 0 Å². The second kappa shape index (κ2) is 3.89. The van der Waals surface area contributed by atoms with E-state index in [-0.39, 0.29) is 0 Å². The Kier molecular flexibility index (Phi) is 2.39. The van der Waals surface area contributed by atoms with Gasteiger partial charge in [0, 0.05) is 14.6 Å². The molecule has 0 radical (unpaired) electrons. The van der Waals surface area contributed by atoms with Crippen LogP contribution in [0.2, 0.25) is 0 Å². The fourth-order valence-corrected chi connectivity index (χ4v) is 3.63. The van der Waals surface area contributed by atoms with Crippen molar-refractivity contribution in [3.8, 4) is 9.75 Å². The van der Waals surface area contributed by atoms with Gasteiger partial charge < -0.3 is 0 Å². The van der Waals surface area contributed by atoms with Crippen molar-refractivity contribution in [2.24, 2.45) is 0 Å². The molecule has 0 fully saturated rings. The summed E-state index contributed by atoms with van der Waals surface area (Å²) in [5, 5.41) is 2.12. The van der Waals surface area contributed by atoms with E-state index in [2.05, 4.69) is 54.5 Å². The molecule has 0 N–H and O–H groups in total. The van der Waals surface area contributed by atoms with Crippen LogP contribution in [0.5, 0.6) is 0 Å². The first-order chi connectivity index (χ1) is 7.84. The molecule has 2 aromatic rings. The SMILES string of the molecule is C=C1C=CC=C1c1ccc(-c2cccs2)s1. The summed E-state index contributed by atoms with van der Waals surface area (Å²) in [6, 6.07) is 8.63. The Morgan fingerprint density at radius 3 is 2.56 bits per heavy atom. The molecule has 0 nitrogen and oxygen atoms in total. The molecule has 2 heteroatoms. The minimum atomic E-state index is 1.11. The normalized spacial score (nSPS) is 14.5. The molecule has 16 heavy (non-hydrogen) atoms. The molecule has 0 spiro atoms. The molecule has 2 heterocycles. The second-order valence-electron chi connectivity index (χ2n) is 3.61. The number of hydrogen-bond acceptors (Lipinski definition) is 2. The van der Waals surface area contributed by atoms with E-state index in [1.807, 2.05) is 11.3 Å². The van der Waals surface area contributed by atoms with E-state index in [0.29, 0.717) is 0 Å². The quantitative estimate of drug-likeness (QED) is 0.696. The lowest BCUT2D eigenvalue weighted by Crippen LogP contribution is -1.75. The Hall–Kier alpha value is -1.38. The Morgan fingerprint density at radius 2 is 1.88 bits per heavy atom. The predicted molar refractivity (Wildman–Crippen MR) is 73.9 cm³/mol. The highest BCUT2D eigenvalue weighted by molar-refractivity contribution is 7.21. The largest absolute Gasteiger partial charge is 0.143 e. The zero-order valence-corrected chi connectivity index (χ0v) is 10.3. The van der Waals surface area contributed by atoms with Gasteiger partial charge in [-0.05, 0) is 34.7 Å². The summed E-state index contributed by atoms with van der Waals surface area (Å²) in [4.78, 5) is 3.98. The van der Waals surface area contributed by atoms with Gasteiger partial charge in [-0.2, -0.15) is 0 Å². The number of thiophene rings is 2. The topological polar surface area (TPSA) is 0 Å². The summed E-state index contributed by atoms with van der Waals surface area (Å²) in [6.45, 7) is 4.04. The third-order valence-corrected chi connectivity index (χ3v) is 4.73. The molecule has 2 aromatic heterocycles. The van der Waals surface area contributed by atoms with Gasteiger partial charge in [0.2, 0.25) is 0 Å². The standard InChI is InChI=1S/C14H10S2/c1-10-4-2-5-11(10)12-7-8-14(16-12)13-6-3-9-15-13/h2-9H,1H2. The minimum absolute atomic E-state index is 1.11. The minimum Gasteiger partial charge on any atom is -0.143 e. The summed E-state index contributed by atoms with van der Waals surface area (Å²) in [5.41, 5.74) is 2.37. The summed E-state index contributed by atoms with van der Waals surface area (Å²) in [5.74, 6) is 0. The van der Waals surface area contributed by atoms with Crippen molar-refractivity contribution in [2.45, 2.75) is 0 Å². The number of hydrogen-bond donors (Lipinski definition) is 0. The lowest BCUT2D eigenvalue weighted by Gasteiger charge is -1.98. The molecule has 0 amide bonds. The van der Waals surface area contributed by atoms with Crippen molar-refractivity contribution in [1.82, 2.24) is 0 Å². The molecule has 0 bridgehead atoms. The van der Waals surface area contributed by atoms with Gasteiger partial charge in [-0.15, -0.1) is 22.7 Å². The molecule has 0 aromatic carbocycles. The second-order valence-corrected chi connectivity index (χ2v) is 5.64. The average molecular weight is 242 g/mol. The monoisotopic (exact) mass is 242 g/mol. The summed E-state index contributed by atoms with van der Waals surface area (Å²) < 4.78 is 0. The van der Waals surface area contributed by atoms with Crippen LogP contribution in [0.25, 0.3) is 15.3 Å². The molecule has 0 unspecified atom stereocenters. The molecule has 78 valence electrons. The van der Waals surface area contributed by atoms with Gasteiger partial charge in [-0.1, -0.05) is 30.9 Å². The van der Waals surface area contributed by atoms with Gasteiger partial charge in [0.15, 0.2) is 0 Å². The summed E-state index contributed by atoms with van der Waals surface area (Å²) in [6.07, 6.45) is 6.24. The van der Waals surface area contributed by atoms with E-state index < -0.39 is 0 Å². The van der Waals surface area contributed by atoms with E-state index in [1.54, 1.807) is 11.3 Å². The third-order valence-electron chi connectivity index (χ3n) is 2.54. The van der Waals surface area contributed by atoms with Crippen molar-refractivity contribution in [3.05, 3.63) is 64.9 Å². The Balaban J connectivity index is 1.98. The van der Waals surface area contributed by atoms with Crippen molar-refractivity contribution in [2.75, 3.05) is 0 Å². The molecule has 0 saturated carbocycles. The van der Waals surface area contributed by atoms with Crippen LogP contribution in [0.3, 0.4) is 0 Å². The lowest BCUT2D eigenvalue weighted by molar-refractivity contribution is 1.79. The molecule has 1 aliphatic rings. The first-order valence-corrected chi connectivity index (χ1v) is 6.76. The number of allylic oxidation sites excluding steroid dienone is 5. The fourth-order valence-electron chi connectivity index (χ4n) is 1.73. The smallest absolute Gasteiger partial charge is 0.0449 e. The molecular weight excluding hydrogens is 232 g/mol. The zero-order valence-electron chi connectivity index (χ0n) is 8.64. The lowest BCUT2D eigenvalue weighted by atomic mass is 10.1. The van der Waals surface area contributed by atoms with Crippen molar-refractivity contribution in [1.29, 1.82) is 0 Å². The maximum absolute atomic E-state index is 4.04. The van der Waals surface area contributed by atoms with E-state index in [0.717, 1.165) is 5.57 Å². The van der Waals surface area contributed by atoms with Gasteiger partial charge in [0.25, 0.3) is 0 Å². The van der Waals surface area contributed by atoms with Crippen LogP contribution in [0.1, 0.15) is 4.88 Å². The molecule has 0 atom stereocenters. The van der Waals surface area contributed by atoms with Crippen LogP contribution in [0, 0.1) is 0 Å². The van der Waals surface area contributed by atoms with E-state index in [9.17, 15) is 0 Å². The van der Waals surface area contributed by atoms with Crippen molar-refractivity contribution < 1.29 is 0 Å². The highest BCUT2D eigenvalue weighted by Crippen LogP contribution is 2.37. The van der Waals surface area contributed by atoms with Crippen LogP contribution >= 0.6 is 22.7 Å². The van der Waals surface area contributed by atoms with Crippen molar-refractivity contribution in [3.63, 3.8) is 0 Å². The molecule has 0 saturated heterocycles. The zero-order chi connectivity index (χ0) is 11.0. The van der Waals surface area contributed by atoms with E-state index in [1.165, 1.54) is 20.2 Å². The fraction of sp³-hybridized carbons (Fsp3) is 0. The van der Waals surface area contributed by atoms with Gasteiger partial charge in [-0.3, -0.25) is 0 Å². The summed E-state index contributed by atoms with van der Waals surface area (Å²) >= 11 is 3.62. The Labute approximate surface area is 103 Å². The maximum Gasteiger partial charge on any atom is 0.0449 e. The number of rotatable bonds is 2. The van der Waals surface area contributed by atoms with E-state index >= 15 is 0 Å². The highest BCUT2D eigenvalue weighted by Gasteiger charge is 2.10.